The molecule has 1 aromatic heterocycles. The van der Waals surface area contributed by atoms with Crippen molar-refractivity contribution in [3.8, 4) is 10.6 Å². The zero-order chi connectivity index (χ0) is 19.6. The first kappa shape index (κ1) is 19.8. The van der Waals surface area contributed by atoms with Crippen molar-refractivity contribution in [2.45, 2.75) is 38.4 Å². The van der Waals surface area contributed by atoms with E-state index >= 15 is 0 Å². The summed E-state index contributed by atoms with van der Waals surface area (Å²) in [6, 6.07) is 5.78. The summed E-state index contributed by atoms with van der Waals surface area (Å²) < 4.78 is 39.7. The molecule has 27 heavy (non-hydrogen) atoms. The monoisotopic (exact) mass is 397 g/mol. The third kappa shape index (κ3) is 4.50. The summed E-state index contributed by atoms with van der Waals surface area (Å²) in [6.07, 6.45) is -1.30. The van der Waals surface area contributed by atoms with Crippen LogP contribution in [0.4, 0.5) is 13.2 Å². The molecule has 1 aliphatic heterocycles. The molecule has 1 atom stereocenters. The van der Waals surface area contributed by atoms with Crippen molar-refractivity contribution in [1.82, 2.24) is 15.2 Å². The van der Waals surface area contributed by atoms with E-state index in [0.29, 0.717) is 23.2 Å². The summed E-state index contributed by atoms with van der Waals surface area (Å²) in [6.45, 7) is 3.27. The van der Waals surface area contributed by atoms with Gasteiger partial charge in [-0.1, -0.05) is 18.2 Å². The Morgan fingerprint density at radius 2 is 2.11 bits per heavy atom. The molecule has 2 aromatic rings. The minimum absolute atomic E-state index is 0.00438. The van der Waals surface area contributed by atoms with E-state index in [1.54, 1.807) is 13.0 Å². The Labute approximate surface area is 160 Å². The van der Waals surface area contributed by atoms with Crippen molar-refractivity contribution in [1.29, 1.82) is 0 Å². The van der Waals surface area contributed by atoms with Crippen molar-refractivity contribution in [3.05, 3.63) is 40.4 Å². The molecule has 1 fully saturated rings. The number of aryl methyl sites for hydroxylation is 1. The van der Waals surface area contributed by atoms with Gasteiger partial charge in [-0.25, -0.2) is 4.98 Å². The van der Waals surface area contributed by atoms with Crippen LogP contribution in [0.2, 0.25) is 0 Å². The van der Waals surface area contributed by atoms with E-state index in [2.05, 4.69) is 22.2 Å². The lowest BCUT2D eigenvalue weighted by Crippen LogP contribution is -2.31. The zero-order valence-corrected chi connectivity index (χ0v) is 16.1. The molecule has 0 aliphatic carbocycles. The molecule has 146 valence electrons. The summed E-state index contributed by atoms with van der Waals surface area (Å²) in [7, 11) is 2.08. The quantitative estimate of drug-likeness (QED) is 0.816. The molecule has 0 spiro atoms. The smallest absolute Gasteiger partial charge is 0.351 e. The average Bonchev–Trinajstić information content (AvgIpc) is 3.20. The van der Waals surface area contributed by atoms with Gasteiger partial charge in [0.05, 0.1) is 11.3 Å². The molecule has 3 rings (SSSR count). The SMILES string of the molecule is Cc1nc(-c2ccccc2C(F)(F)F)sc1C(=O)NCCC1CCCN1C. The highest BCUT2D eigenvalue weighted by Crippen LogP contribution is 2.38. The number of nitrogens with zero attached hydrogens (tertiary/aromatic N) is 2. The van der Waals surface area contributed by atoms with E-state index < -0.39 is 11.7 Å². The molecule has 0 bridgehead atoms. The Hall–Kier alpha value is -1.93. The maximum Gasteiger partial charge on any atom is 0.417 e. The summed E-state index contributed by atoms with van der Waals surface area (Å²) in [4.78, 5) is 19.3. The fourth-order valence-corrected chi connectivity index (χ4v) is 4.44. The molecule has 1 amide bonds. The first-order valence-electron chi connectivity index (χ1n) is 8.90. The van der Waals surface area contributed by atoms with Crippen molar-refractivity contribution in [3.63, 3.8) is 0 Å². The van der Waals surface area contributed by atoms with Crippen LogP contribution in [0, 0.1) is 6.92 Å². The van der Waals surface area contributed by atoms with E-state index in [0.717, 1.165) is 36.8 Å². The van der Waals surface area contributed by atoms with Crippen LogP contribution in [-0.4, -0.2) is 42.0 Å². The first-order valence-corrected chi connectivity index (χ1v) is 9.71. The second-order valence-corrected chi connectivity index (χ2v) is 7.80. The molecule has 2 heterocycles. The number of amides is 1. The normalized spacial score (nSPS) is 18.0. The van der Waals surface area contributed by atoms with Gasteiger partial charge in [-0.2, -0.15) is 13.2 Å². The van der Waals surface area contributed by atoms with Crippen LogP contribution in [0.15, 0.2) is 24.3 Å². The molecule has 1 saturated heterocycles. The van der Waals surface area contributed by atoms with Gasteiger partial charge in [0, 0.05) is 18.2 Å². The number of alkyl halides is 3. The number of thiazole rings is 1. The second kappa shape index (κ2) is 7.98. The van der Waals surface area contributed by atoms with Crippen molar-refractivity contribution in [2.24, 2.45) is 0 Å². The highest BCUT2D eigenvalue weighted by Gasteiger charge is 2.34. The van der Waals surface area contributed by atoms with Gasteiger partial charge < -0.3 is 10.2 Å². The van der Waals surface area contributed by atoms with E-state index in [1.165, 1.54) is 18.6 Å². The number of benzene rings is 1. The van der Waals surface area contributed by atoms with Crippen LogP contribution in [0.25, 0.3) is 10.6 Å². The van der Waals surface area contributed by atoms with E-state index in [1.807, 2.05) is 0 Å². The Morgan fingerprint density at radius 3 is 2.78 bits per heavy atom. The average molecular weight is 397 g/mol. The Morgan fingerprint density at radius 1 is 1.37 bits per heavy atom. The number of halogens is 3. The van der Waals surface area contributed by atoms with Crippen LogP contribution in [0.1, 0.15) is 40.2 Å². The number of carbonyl (C=O) groups excluding carboxylic acids is 1. The van der Waals surface area contributed by atoms with Gasteiger partial charge in [0.1, 0.15) is 9.88 Å². The third-order valence-corrected chi connectivity index (χ3v) is 6.09. The van der Waals surface area contributed by atoms with Gasteiger partial charge in [-0.3, -0.25) is 4.79 Å². The summed E-state index contributed by atoms with van der Waals surface area (Å²) in [5.74, 6) is -0.276. The number of carbonyl (C=O) groups is 1. The number of hydrogen-bond acceptors (Lipinski definition) is 4. The van der Waals surface area contributed by atoms with Crippen molar-refractivity contribution in [2.75, 3.05) is 20.1 Å². The minimum Gasteiger partial charge on any atom is -0.351 e. The van der Waals surface area contributed by atoms with E-state index in [4.69, 9.17) is 0 Å². The highest BCUT2D eigenvalue weighted by molar-refractivity contribution is 7.17. The molecular formula is C19H22F3N3OS. The molecule has 1 aromatic carbocycles. The lowest BCUT2D eigenvalue weighted by atomic mass is 10.1. The largest absolute Gasteiger partial charge is 0.417 e. The Kier molecular flexibility index (Phi) is 5.86. The summed E-state index contributed by atoms with van der Waals surface area (Å²) in [5.41, 5.74) is -0.290. The number of rotatable bonds is 5. The van der Waals surface area contributed by atoms with Crippen molar-refractivity contribution < 1.29 is 18.0 Å². The maximum absolute atomic E-state index is 13.2. The van der Waals surface area contributed by atoms with Gasteiger partial charge in [0.15, 0.2) is 0 Å². The number of nitrogens with one attached hydrogen (secondary N) is 1. The molecule has 1 unspecified atom stereocenters. The lowest BCUT2D eigenvalue weighted by molar-refractivity contribution is -0.137. The number of likely N-dealkylation sites (tertiary alicyclic amines) is 1. The predicted octanol–water partition coefficient (Wildman–Crippen LogP) is 4.35. The number of hydrogen-bond donors (Lipinski definition) is 1. The topological polar surface area (TPSA) is 45.2 Å². The van der Waals surface area contributed by atoms with Gasteiger partial charge in [-0.05, 0) is 45.8 Å². The van der Waals surface area contributed by atoms with Crippen LogP contribution in [0.3, 0.4) is 0 Å². The number of aromatic nitrogens is 1. The van der Waals surface area contributed by atoms with Gasteiger partial charge in [0.25, 0.3) is 5.91 Å². The van der Waals surface area contributed by atoms with Crippen molar-refractivity contribution >= 4 is 17.2 Å². The molecule has 0 saturated carbocycles. The molecule has 4 nitrogen and oxygen atoms in total. The molecular weight excluding hydrogens is 375 g/mol. The second-order valence-electron chi connectivity index (χ2n) is 6.80. The third-order valence-electron chi connectivity index (χ3n) is 4.90. The Bertz CT molecular complexity index is 819. The standard InChI is InChI=1S/C19H22F3N3OS/c1-12-16(17(26)23-10-9-13-6-5-11-25(13)2)27-18(24-12)14-7-3-4-8-15(14)19(20,21)22/h3-4,7-8,13H,5-6,9-11H2,1-2H3,(H,23,26). The van der Waals surface area contributed by atoms with E-state index in [9.17, 15) is 18.0 Å². The molecule has 8 heteroatoms. The van der Waals surface area contributed by atoms with Gasteiger partial charge in [0.2, 0.25) is 0 Å². The van der Waals surface area contributed by atoms with Crippen LogP contribution in [0.5, 0.6) is 0 Å². The molecule has 1 aliphatic rings. The molecule has 1 N–H and O–H groups in total. The van der Waals surface area contributed by atoms with Crippen LogP contribution < -0.4 is 5.32 Å². The van der Waals surface area contributed by atoms with Crippen LogP contribution in [-0.2, 0) is 6.18 Å². The van der Waals surface area contributed by atoms with Crippen LogP contribution >= 0.6 is 11.3 Å². The molecule has 0 radical (unpaired) electrons. The minimum atomic E-state index is -4.47. The zero-order valence-electron chi connectivity index (χ0n) is 15.3. The fraction of sp³-hybridized carbons (Fsp3) is 0.474. The highest BCUT2D eigenvalue weighted by atomic mass is 32.1. The van der Waals surface area contributed by atoms with Gasteiger partial charge >= 0.3 is 6.18 Å². The predicted molar refractivity (Wildman–Crippen MR) is 99.9 cm³/mol. The van der Waals surface area contributed by atoms with Gasteiger partial charge in [-0.15, -0.1) is 11.3 Å². The van der Waals surface area contributed by atoms with E-state index in [-0.39, 0.29) is 16.5 Å². The lowest BCUT2D eigenvalue weighted by Gasteiger charge is -2.19. The fourth-order valence-electron chi connectivity index (χ4n) is 3.42. The Balaban J connectivity index is 1.72. The maximum atomic E-state index is 13.2. The first-order chi connectivity index (χ1) is 12.8. The summed E-state index contributed by atoms with van der Waals surface area (Å²) >= 11 is 1.00. The summed E-state index contributed by atoms with van der Waals surface area (Å²) in [5, 5.41) is 3.09.